The predicted octanol–water partition coefficient (Wildman–Crippen LogP) is 3.95. The van der Waals surface area contributed by atoms with E-state index in [4.69, 9.17) is 9.47 Å². The Hall–Kier alpha value is -2.67. The Kier molecular flexibility index (Phi) is 6.46. The number of methoxy groups -OCH3 is 2. The van der Waals surface area contributed by atoms with Crippen molar-refractivity contribution in [2.24, 2.45) is 0 Å². The molecule has 0 spiro atoms. The van der Waals surface area contributed by atoms with Gasteiger partial charge in [-0.3, -0.25) is 9.59 Å². The fourth-order valence-corrected chi connectivity index (χ4v) is 3.93. The van der Waals surface area contributed by atoms with Gasteiger partial charge in [0.15, 0.2) is 11.5 Å². The Morgan fingerprint density at radius 3 is 2.43 bits per heavy atom. The SMILES string of the molecule is COc1ccc(S[C@@H](C)C(=O)Nc2ccc(N3CCCC3=O)cc2)cc1OC. The van der Waals surface area contributed by atoms with Crippen molar-refractivity contribution in [2.75, 3.05) is 31.0 Å². The van der Waals surface area contributed by atoms with Crippen LogP contribution in [0.5, 0.6) is 11.5 Å². The van der Waals surface area contributed by atoms with Crippen molar-refractivity contribution < 1.29 is 19.1 Å². The van der Waals surface area contributed by atoms with Gasteiger partial charge < -0.3 is 19.7 Å². The Bertz CT molecular complexity index is 854. The van der Waals surface area contributed by atoms with Crippen LogP contribution in [-0.2, 0) is 9.59 Å². The first kappa shape index (κ1) is 20.1. The molecule has 1 heterocycles. The molecule has 0 aliphatic carbocycles. The first-order valence-electron chi connectivity index (χ1n) is 9.12. The minimum absolute atomic E-state index is 0.0928. The van der Waals surface area contributed by atoms with Gasteiger partial charge in [0.05, 0.1) is 19.5 Å². The molecule has 1 fully saturated rings. The summed E-state index contributed by atoms with van der Waals surface area (Å²) in [5.41, 5.74) is 1.58. The van der Waals surface area contributed by atoms with Crippen LogP contribution in [0.3, 0.4) is 0 Å². The van der Waals surface area contributed by atoms with E-state index in [0.29, 0.717) is 23.6 Å². The average Bonchev–Trinajstić information content (AvgIpc) is 3.14. The summed E-state index contributed by atoms with van der Waals surface area (Å²) in [6, 6.07) is 13.0. The highest BCUT2D eigenvalue weighted by Crippen LogP contribution is 2.34. The zero-order valence-corrected chi connectivity index (χ0v) is 17.0. The summed E-state index contributed by atoms with van der Waals surface area (Å²) in [6.07, 6.45) is 1.49. The molecule has 2 aromatic rings. The molecule has 0 radical (unpaired) electrons. The topological polar surface area (TPSA) is 67.9 Å². The molecule has 3 rings (SSSR count). The maximum Gasteiger partial charge on any atom is 0.237 e. The molecule has 7 heteroatoms. The van der Waals surface area contributed by atoms with E-state index in [0.717, 1.165) is 23.5 Å². The van der Waals surface area contributed by atoms with Crippen LogP contribution in [0.15, 0.2) is 47.4 Å². The van der Waals surface area contributed by atoms with Crippen molar-refractivity contribution in [3.05, 3.63) is 42.5 Å². The lowest BCUT2D eigenvalue weighted by Gasteiger charge is -2.17. The number of amides is 2. The van der Waals surface area contributed by atoms with Crippen LogP contribution in [0.1, 0.15) is 19.8 Å². The molecule has 1 atom stereocenters. The minimum atomic E-state index is -0.294. The molecule has 0 saturated carbocycles. The number of carbonyl (C=O) groups is 2. The number of hydrogen-bond acceptors (Lipinski definition) is 5. The molecule has 0 aromatic heterocycles. The lowest BCUT2D eigenvalue weighted by atomic mass is 10.2. The number of rotatable bonds is 7. The molecule has 2 aromatic carbocycles. The molecule has 1 N–H and O–H groups in total. The van der Waals surface area contributed by atoms with Gasteiger partial charge >= 0.3 is 0 Å². The summed E-state index contributed by atoms with van der Waals surface area (Å²) >= 11 is 1.44. The number of thioether (sulfide) groups is 1. The highest BCUT2D eigenvalue weighted by Gasteiger charge is 2.21. The summed E-state index contributed by atoms with van der Waals surface area (Å²) in [6.45, 7) is 2.61. The molecule has 148 valence electrons. The van der Waals surface area contributed by atoms with E-state index in [1.807, 2.05) is 49.4 Å². The van der Waals surface area contributed by atoms with Gasteiger partial charge in [-0.1, -0.05) is 0 Å². The molecule has 1 aliphatic rings. The largest absolute Gasteiger partial charge is 0.493 e. The summed E-state index contributed by atoms with van der Waals surface area (Å²) < 4.78 is 10.5. The van der Waals surface area contributed by atoms with Crippen molar-refractivity contribution in [3.63, 3.8) is 0 Å². The van der Waals surface area contributed by atoms with Crippen molar-refractivity contribution in [3.8, 4) is 11.5 Å². The smallest absolute Gasteiger partial charge is 0.237 e. The Morgan fingerprint density at radius 1 is 1.11 bits per heavy atom. The van der Waals surface area contributed by atoms with Gasteiger partial charge in [0.2, 0.25) is 11.8 Å². The van der Waals surface area contributed by atoms with E-state index in [1.54, 1.807) is 19.1 Å². The zero-order valence-electron chi connectivity index (χ0n) is 16.2. The fraction of sp³-hybridized carbons (Fsp3) is 0.333. The quantitative estimate of drug-likeness (QED) is 0.713. The van der Waals surface area contributed by atoms with E-state index in [-0.39, 0.29) is 17.1 Å². The van der Waals surface area contributed by atoms with Crippen molar-refractivity contribution >= 4 is 35.0 Å². The first-order valence-corrected chi connectivity index (χ1v) is 9.99. The van der Waals surface area contributed by atoms with Crippen LogP contribution in [-0.4, -0.2) is 37.8 Å². The molecule has 28 heavy (non-hydrogen) atoms. The molecule has 2 amide bonds. The Morgan fingerprint density at radius 2 is 1.82 bits per heavy atom. The van der Waals surface area contributed by atoms with Crippen LogP contribution in [0.2, 0.25) is 0 Å². The number of carbonyl (C=O) groups excluding carboxylic acids is 2. The van der Waals surface area contributed by atoms with E-state index in [1.165, 1.54) is 11.8 Å². The molecule has 0 unspecified atom stereocenters. The van der Waals surface area contributed by atoms with Gasteiger partial charge in [0, 0.05) is 29.2 Å². The van der Waals surface area contributed by atoms with Gasteiger partial charge in [-0.2, -0.15) is 0 Å². The third kappa shape index (κ3) is 4.59. The number of hydrogen-bond donors (Lipinski definition) is 1. The second kappa shape index (κ2) is 9.01. The highest BCUT2D eigenvalue weighted by atomic mass is 32.2. The maximum absolute atomic E-state index is 12.5. The predicted molar refractivity (Wildman–Crippen MR) is 112 cm³/mol. The average molecular weight is 401 g/mol. The van der Waals surface area contributed by atoms with E-state index < -0.39 is 0 Å². The Balaban J connectivity index is 1.60. The van der Waals surface area contributed by atoms with Crippen LogP contribution in [0.25, 0.3) is 0 Å². The molecule has 1 aliphatic heterocycles. The lowest BCUT2D eigenvalue weighted by Crippen LogP contribution is -2.24. The van der Waals surface area contributed by atoms with E-state index in [9.17, 15) is 9.59 Å². The molecule has 6 nitrogen and oxygen atoms in total. The molecule has 0 bridgehead atoms. The standard InChI is InChI=1S/C21H24N2O4S/c1-14(28-17-10-11-18(26-2)19(13-17)27-3)21(25)22-15-6-8-16(9-7-15)23-12-4-5-20(23)24/h6-11,13-14H,4-5,12H2,1-3H3,(H,22,25)/t14-/m0/s1. The minimum Gasteiger partial charge on any atom is -0.493 e. The number of nitrogens with zero attached hydrogens (tertiary/aromatic N) is 1. The van der Waals surface area contributed by atoms with Gasteiger partial charge in [-0.15, -0.1) is 11.8 Å². The second-order valence-electron chi connectivity index (χ2n) is 6.46. The van der Waals surface area contributed by atoms with Crippen molar-refractivity contribution in [1.29, 1.82) is 0 Å². The third-order valence-corrected chi connectivity index (χ3v) is 5.65. The first-order chi connectivity index (χ1) is 13.5. The van der Waals surface area contributed by atoms with Crippen LogP contribution >= 0.6 is 11.8 Å². The normalized spacial score (nSPS) is 14.7. The van der Waals surface area contributed by atoms with Crippen LogP contribution < -0.4 is 19.7 Å². The summed E-state index contributed by atoms with van der Waals surface area (Å²) in [5, 5.41) is 2.63. The van der Waals surface area contributed by atoms with Gasteiger partial charge in [0.25, 0.3) is 0 Å². The lowest BCUT2D eigenvalue weighted by molar-refractivity contribution is -0.117. The summed E-state index contributed by atoms with van der Waals surface area (Å²) in [7, 11) is 3.17. The van der Waals surface area contributed by atoms with Crippen LogP contribution in [0.4, 0.5) is 11.4 Å². The second-order valence-corrected chi connectivity index (χ2v) is 7.88. The van der Waals surface area contributed by atoms with Crippen LogP contribution in [0, 0.1) is 0 Å². The monoisotopic (exact) mass is 400 g/mol. The molecule has 1 saturated heterocycles. The third-order valence-electron chi connectivity index (χ3n) is 4.56. The van der Waals surface area contributed by atoms with Gasteiger partial charge in [0.1, 0.15) is 0 Å². The number of benzene rings is 2. The summed E-state index contributed by atoms with van der Waals surface area (Å²) in [5.74, 6) is 1.34. The maximum atomic E-state index is 12.5. The van der Waals surface area contributed by atoms with Crippen molar-refractivity contribution in [1.82, 2.24) is 0 Å². The highest BCUT2D eigenvalue weighted by molar-refractivity contribution is 8.00. The number of nitrogens with one attached hydrogen (secondary N) is 1. The van der Waals surface area contributed by atoms with E-state index in [2.05, 4.69) is 5.32 Å². The van der Waals surface area contributed by atoms with Crippen molar-refractivity contribution in [2.45, 2.75) is 29.9 Å². The zero-order chi connectivity index (χ0) is 20.1. The van der Waals surface area contributed by atoms with Gasteiger partial charge in [-0.25, -0.2) is 0 Å². The van der Waals surface area contributed by atoms with Gasteiger partial charge in [-0.05, 0) is 55.8 Å². The fourth-order valence-electron chi connectivity index (χ4n) is 3.04. The molecular weight excluding hydrogens is 376 g/mol. The summed E-state index contributed by atoms with van der Waals surface area (Å²) in [4.78, 5) is 27.1. The number of anilines is 2. The molecular formula is C21H24N2O4S. The Labute approximate surface area is 169 Å². The number of ether oxygens (including phenoxy) is 2. The van der Waals surface area contributed by atoms with E-state index >= 15 is 0 Å².